The topological polar surface area (TPSA) is 99.2 Å². The molecule has 26 heavy (non-hydrogen) atoms. The van der Waals surface area contributed by atoms with Crippen LogP contribution in [0.3, 0.4) is 0 Å². The van der Waals surface area contributed by atoms with E-state index in [0.717, 1.165) is 24.1 Å². The fourth-order valence-electron chi connectivity index (χ4n) is 2.51. The highest BCUT2D eigenvalue weighted by Crippen LogP contribution is 2.33. The maximum atomic E-state index is 12.6. The number of aryl methyl sites for hydroxylation is 2. The number of carbonyl (C=O) groups is 2. The first-order valence-electron chi connectivity index (χ1n) is 8.30. The van der Waals surface area contributed by atoms with E-state index in [4.69, 9.17) is 22.6 Å². The van der Waals surface area contributed by atoms with Gasteiger partial charge >= 0.3 is 5.97 Å². The molecule has 0 spiro atoms. The second-order valence-corrected chi connectivity index (χ2v) is 7.55. The molecule has 1 amide bonds. The van der Waals surface area contributed by atoms with Crippen LogP contribution in [0.15, 0.2) is 11.1 Å². The van der Waals surface area contributed by atoms with Gasteiger partial charge in [0.05, 0.1) is 29.6 Å². The molecule has 2 rings (SSSR count). The highest BCUT2D eigenvalue weighted by Gasteiger charge is 2.31. The number of thioether (sulfide) groups is 1. The Balaban J connectivity index is 1.97. The van der Waals surface area contributed by atoms with Crippen molar-refractivity contribution in [1.29, 1.82) is 5.26 Å². The Bertz CT molecular complexity index is 779. The molecule has 7 nitrogen and oxygen atoms in total. The van der Waals surface area contributed by atoms with Gasteiger partial charge in [-0.25, -0.2) is 0 Å². The average molecular weight is 393 g/mol. The van der Waals surface area contributed by atoms with Gasteiger partial charge in [0.1, 0.15) is 4.32 Å². The number of nitriles is 1. The van der Waals surface area contributed by atoms with Gasteiger partial charge in [-0.05, 0) is 25.8 Å². The Hall–Kier alpha value is -2.18. The van der Waals surface area contributed by atoms with Crippen LogP contribution in [0.25, 0.3) is 6.08 Å². The maximum Gasteiger partial charge on any atom is 0.303 e. The average Bonchev–Trinajstić information content (AvgIpc) is 3.06. The first-order valence-corrected chi connectivity index (χ1v) is 9.53. The predicted octanol–water partition coefficient (Wildman–Crippen LogP) is 2.95. The van der Waals surface area contributed by atoms with Crippen LogP contribution in [0.1, 0.15) is 43.4 Å². The summed E-state index contributed by atoms with van der Waals surface area (Å²) >= 11 is 6.57. The molecule has 0 bridgehead atoms. The van der Waals surface area contributed by atoms with Crippen LogP contribution in [0.5, 0.6) is 0 Å². The lowest BCUT2D eigenvalue weighted by Gasteiger charge is -2.13. The van der Waals surface area contributed by atoms with Crippen LogP contribution in [-0.4, -0.2) is 42.5 Å². The summed E-state index contributed by atoms with van der Waals surface area (Å²) in [5, 5.41) is 21.6. The van der Waals surface area contributed by atoms with E-state index in [2.05, 4.69) is 11.2 Å². The summed E-state index contributed by atoms with van der Waals surface area (Å²) in [6, 6.07) is 2.08. The Morgan fingerprint density at radius 3 is 2.88 bits per heavy atom. The van der Waals surface area contributed by atoms with Gasteiger partial charge < -0.3 is 5.11 Å². The molecule has 138 valence electrons. The van der Waals surface area contributed by atoms with Gasteiger partial charge in [-0.1, -0.05) is 30.4 Å². The summed E-state index contributed by atoms with van der Waals surface area (Å²) in [6.45, 7) is 2.88. The molecule has 1 fully saturated rings. The number of hydrogen-bond donors (Lipinski definition) is 1. The molecule has 1 saturated heterocycles. The quantitative estimate of drug-likeness (QED) is 0.392. The van der Waals surface area contributed by atoms with Gasteiger partial charge in [-0.2, -0.15) is 10.4 Å². The van der Waals surface area contributed by atoms with Crippen LogP contribution < -0.4 is 0 Å². The third-order valence-electron chi connectivity index (χ3n) is 3.87. The SMILES string of the molecule is Cc1nn(CCC#N)cc1C=C1SC(=S)N(CCCCCC(=O)O)C1=O. The summed E-state index contributed by atoms with van der Waals surface area (Å²) in [6.07, 6.45) is 6.20. The van der Waals surface area contributed by atoms with E-state index in [1.165, 1.54) is 11.8 Å². The first-order chi connectivity index (χ1) is 12.4. The number of carboxylic acids is 1. The molecule has 0 unspecified atom stereocenters. The number of carbonyl (C=O) groups excluding carboxylic acids is 1. The molecule has 0 radical (unpaired) electrons. The van der Waals surface area contributed by atoms with Crippen molar-refractivity contribution >= 4 is 46.3 Å². The van der Waals surface area contributed by atoms with Crippen molar-refractivity contribution in [3.8, 4) is 6.07 Å². The van der Waals surface area contributed by atoms with Gasteiger partial charge in [0.2, 0.25) is 0 Å². The zero-order valence-electron chi connectivity index (χ0n) is 14.5. The summed E-state index contributed by atoms with van der Waals surface area (Å²) in [5.41, 5.74) is 1.63. The number of hydrogen-bond acceptors (Lipinski definition) is 6. The summed E-state index contributed by atoms with van der Waals surface area (Å²) in [5.74, 6) is -0.924. The third-order valence-corrected chi connectivity index (χ3v) is 5.25. The highest BCUT2D eigenvalue weighted by atomic mass is 32.2. The monoisotopic (exact) mass is 392 g/mol. The van der Waals surface area contributed by atoms with Crippen molar-refractivity contribution in [3.63, 3.8) is 0 Å². The molecule has 9 heteroatoms. The Morgan fingerprint density at radius 1 is 1.42 bits per heavy atom. The number of aliphatic carboxylic acids is 1. The van der Waals surface area contributed by atoms with Gasteiger partial charge in [-0.15, -0.1) is 0 Å². The lowest BCUT2D eigenvalue weighted by Crippen LogP contribution is -2.29. The van der Waals surface area contributed by atoms with Crippen LogP contribution in [0.2, 0.25) is 0 Å². The summed E-state index contributed by atoms with van der Waals surface area (Å²) in [4.78, 5) is 25.2. The molecular formula is C17H20N4O3S2. The number of rotatable bonds is 9. The van der Waals surface area contributed by atoms with E-state index in [9.17, 15) is 9.59 Å². The standard InChI is InChI=1S/C17H20N4O3S2/c1-12-13(11-20(19-12)8-5-7-18)10-14-16(24)21(17(25)26-14)9-4-2-3-6-15(22)23/h10-11H,2-6,8-9H2,1H3,(H,22,23). The maximum absolute atomic E-state index is 12.6. The molecule has 0 atom stereocenters. The molecule has 1 aliphatic rings. The number of unbranched alkanes of at least 4 members (excludes halogenated alkanes) is 2. The minimum absolute atomic E-state index is 0.123. The smallest absolute Gasteiger partial charge is 0.303 e. The highest BCUT2D eigenvalue weighted by molar-refractivity contribution is 8.26. The van der Waals surface area contributed by atoms with Crippen molar-refractivity contribution in [2.75, 3.05) is 6.54 Å². The number of carboxylic acid groups (broad SMARTS) is 1. The minimum Gasteiger partial charge on any atom is -0.481 e. The Kier molecular flexibility index (Phi) is 7.36. The number of aromatic nitrogens is 2. The summed E-state index contributed by atoms with van der Waals surface area (Å²) in [7, 11) is 0. The molecule has 0 saturated carbocycles. The molecule has 0 aliphatic carbocycles. The number of amides is 1. The van der Waals surface area contributed by atoms with E-state index >= 15 is 0 Å². The molecular weight excluding hydrogens is 372 g/mol. The van der Waals surface area contributed by atoms with E-state index in [0.29, 0.717) is 35.2 Å². The molecule has 0 aromatic carbocycles. The molecule has 2 heterocycles. The molecule has 1 aromatic heterocycles. The van der Waals surface area contributed by atoms with Crippen molar-refractivity contribution in [2.24, 2.45) is 0 Å². The van der Waals surface area contributed by atoms with Crippen LogP contribution in [-0.2, 0) is 16.1 Å². The van der Waals surface area contributed by atoms with Crippen molar-refractivity contribution < 1.29 is 14.7 Å². The first kappa shape index (κ1) is 20.1. The van der Waals surface area contributed by atoms with E-state index < -0.39 is 5.97 Å². The van der Waals surface area contributed by atoms with Gasteiger partial charge in [0, 0.05) is 24.7 Å². The lowest BCUT2D eigenvalue weighted by molar-refractivity contribution is -0.137. The normalized spacial score (nSPS) is 15.7. The Morgan fingerprint density at radius 2 is 2.19 bits per heavy atom. The van der Waals surface area contributed by atoms with Crippen LogP contribution in [0, 0.1) is 18.3 Å². The predicted molar refractivity (Wildman–Crippen MR) is 103 cm³/mol. The second kappa shape index (κ2) is 9.50. The summed E-state index contributed by atoms with van der Waals surface area (Å²) < 4.78 is 2.22. The van der Waals surface area contributed by atoms with Crippen molar-refractivity contribution in [1.82, 2.24) is 14.7 Å². The minimum atomic E-state index is -0.802. The van der Waals surface area contributed by atoms with E-state index in [1.54, 1.807) is 15.7 Å². The molecule has 1 N–H and O–H groups in total. The van der Waals surface area contributed by atoms with Gasteiger partial charge in [-0.3, -0.25) is 19.2 Å². The van der Waals surface area contributed by atoms with Gasteiger partial charge in [0.15, 0.2) is 0 Å². The van der Waals surface area contributed by atoms with Crippen molar-refractivity contribution in [2.45, 2.75) is 45.6 Å². The lowest BCUT2D eigenvalue weighted by atomic mass is 10.2. The van der Waals surface area contributed by atoms with Gasteiger partial charge in [0.25, 0.3) is 5.91 Å². The van der Waals surface area contributed by atoms with E-state index in [-0.39, 0.29) is 12.3 Å². The van der Waals surface area contributed by atoms with E-state index in [1.807, 2.05) is 13.1 Å². The Labute approximate surface area is 161 Å². The number of nitrogens with zero attached hydrogens (tertiary/aromatic N) is 4. The fourth-order valence-corrected chi connectivity index (χ4v) is 3.81. The van der Waals surface area contributed by atoms with Crippen LogP contribution in [0.4, 0.5) is 0 Å². The third kappa shape index (κ3) is 5.41. The second-order valence-electron chi connectivity index (χ2n) is 5.88. The number of thiocarbonyl (C=S) groups is 1. The largest absolute Gasteiger partial charge is 0.481 e. The van der Waals surface area contributed by atoms with Crippen LogP contribution >= 0.6 is 24.0 Å². The van der Waals surface area contributed by atoms with Crippen molar-refractivity contribution in [3.05, 3.63) is 22.4 Å². The zero-order chi connectivity index (χ0) is 19.1. The molecule has 1 aromatic rings. The molecule has 1 aliphatic heterocycles. The zero-order valence-corrected chi connectivity index (χ0v) is 16.1. The fraction of sp³-hybridized carbons (Fsp3) is 0.471.